The molecule has 3 aromatic heterocycles. The molecule has 0 radical (unpaired) electrons. The van der Waals surface area contributed by atoms with E-state index < -0.39 is 5.41 Å². The van der Waals surface area contributed by atoms with Gasteiger partial charge in [0.2, 0.25) is 5.95 Å². The lowest BCUT2D eigenvalue weighted by atomic mass is 9.67. The topological polar surface area (TPSA) is 56.7 Å². The summed E-state index contributed by atoms with van der Waals surface area (Å²) < 4.78 is 9.10. The molecule has 0 saturated heterocycles. The second-order valence-electron chi connectivity index (χ2n) is 16.3. The van der Waals surface area contributed by atoms with Crippen molar-refractivity contribution in [1.82, 2.24) is 19.5 Å². The minimum Gasteiger partial charge on any atom is -0.456 e. The number of para-hydroxylation sites is 3. The van der Waals surface area contributed by atoms with E-state index in [1.54, 1.807) is 0 Å². The Labute approximate surface area is 363 Å². The molecular formula is C58H36N4O. The Morgan fingerprint density at radius 2 is 0.921 bits per heavy atom. The highest BCUT2D eigenvalue weighted by Crippen LogP contribution is 2.58. The van der Waals surface area contributed by atoms with Crippen molar-refractivity contribution in [3.05, 3.63) is 241 Å². The highest BCUT2D eigenvalue weighted by Gasteiger charge is 2.47. The summed E-state index contributed by atoms with van der Waals surface area (Å²) >= 11 is 0. The Bertz CT molecular complexity index is 3710. The molecule has 0 spiro atoms. The summed E-state index contributed by atoms with van der Waals surface area (Å²) in [5.74, 6) is 1.78. The fraction of sp³-hybridized carbons (Fsp3) is 0.0172. The lowest BCUT2D eigenvalue weighted by Gasteiger charge is -2.34. The summed E-state index contributed by atoms with van der Waals surface area (Å²) in [4.78, 5) is 15.7. The van der Waals surface area contributed by atoms with Gasteiger partial charge in [0.05, 0.1) is 16.4 Å². The maximum absolute atomic E-state index is 6.89. The maximum atomic E-state index is 6.89. The SMILES string of the molecule is c1ccc(-c2cccc(-c3nc(-c4ccccc4)nc(-n4c5ccccc5c5cc(C6(c7cccc8c7oc7ccccc78)c7ccccc7-c7ccccc76)ccc54)n3)c2)cc1. The van der Waals surface area contributed by atoms with Crippen molar-refractivity contribution in [2.75, 3.05) is 0 Å². The van der Waals surface area contributed by atoms with Crippen LogP contribution in [0.5, 0.6) is 0 Å². The van der Waals surface area contributed by atoms with Gasteiger partial charge in [0, 0.05) is 38.2 Å². The molecule has 0 atom stereocenters. The second kappa shape index (κ2) is 13.8. The fourth-order valence-electron chi connectivity index (χ4n) is 10.2. The number of hydrogen-bond donors (Lipinski definition) is 0. The Balaban J connectivity index is 1.08. The van der Waals surface area contributed by atoms with Gasteiger partial charge in [-0.05, 0) is 69.3 Å². The summed E-state index contributed by atoms with van der Waals surface area (Å²) in [6, 6.07) is 77.4. The number of hydrogen-bond acceptors (Lipinski definition) is 4. The predicted octanol–water partition coefficient (Wildman–Crippen LogP) is 14.2. The zero-order valence-electron chi connectivity index (χ0n) is 34.0. The van der Waals surface area contributed by atoms with Crippen molar-refractivity contribution in [3.63, 3.8) is 0 Å². The predicted molar refractivity (Wildman–Crippen MR) is 255 cm³/mol. The molecule has 1 aliphatic carbocycles. The highest BCUT2D eigenvalue weighted by atomic mass is 16.3. The third-order valence-corrected chi connectivity index (χ3v) is 12.9. The van der Waals surface area contributed by atoms with Crippen LogP contribution in [-0.2, 0) is 5.41 Å². The van der Waals surface area contributed by atoms with E-state index >= 15 is 0 Å². The number of rotatable bonds is 6. The van der Waals surface area contributed by atoms with Gasteiger partial charge in [-0.15, -0.1) is 0 Å². The van der Waals surface area contributed by atoms with Crippen LogP contribution in [0.25, 0.3) is 94.7 Å². The molecule has 294 valence electrons. The van der Waals surface area contributed by atoms with Crippen molar-refractivity contribution in [1.29, 1.82) is 0 Å². The van der Waals surface area contributed by atoms with Gasteiger partial charge in [-0.1, -0.05) is 188 Å². The van der Waals surface area contributed by atoms with Crippen LogP contribution in [0.15, 0.2) is 223 Å². The molecule has 63 heavy (non-hydrogen) atoms. The Hall–Kier alpha value is -8.41. The molecule has 0 fully saturated rings. The van der Waals surface area contributed by atoms with E-state index in [2.05, 4.69) is 193 Å². The molecule has 0 unspecified atom stereocenters. The first-order valence-electron chi connectivity index (χ1n) is 21.4. The minimum atomic E-state index is -0.692. The van der Waals surface area contributed by atoms with Gasteiger partial charge in [-0.3, -0.25) is 4.57 Å². The second-order valence-corrected chi connectivity index (χ2v) is 16.3. The summed E-state index contributed by atoms with van der Waals surface area (Å²) in [5.41, 5.74) is 14.4. The van der Waals surface area contributed by atoms with Crippen LogP contribution in [0.4, 0.5) is 0 Å². The molecule has 0 N–H and O–H groups in total. The van der Waals surface area contributed by atoms with Crippen LogP contribution in [0.3, 0.4) is 0 Å². The van der Waals surface area contributed by atoms with Crippen molar-refractivity contribution in [2.45, 2.75) is 5.41 Å². The van der Waals surface area contributed by atoms with Gasteiger partial charge >= 0.3 is 0 Å². The molecule has 9 aromatic carbocycles. The van der Waals surface area contributed by atoms with Crippen LogP contribution in [0.2, 0.25) is 0 Å². The van der Waals surface area contributed by atoms with Crippen LogP contribution >= 0.6 is 0 Å². The van der Waals surface area contributed by atoms with E-state index in [4.69, 9.17) is 19.4 Å². The normalized spacial score (nSPS) is 12.9. The Morgan fingerprint density at radius 3 is 1.70 bits per heavy atom. The molecule has 1 aliphatic rings. The lowest BCUT2D eigenvalue weighted by Crippen LogP contribution is -2.28. The van der Waals surface area contributed by atoms with Crippen molar-refractivity contribution in [3.8, 4) is 51.0 Å². The van der Waals surface area contributed by atoms with E-state index in [1.807, 2.05) is 30.3 Å². The van der Waals surface area contributed by atoms with Crippen LogP contribution in [-0.4, -0.2) is 19.5 Å². The number of benzene rings is 9. The fourth-order valence-corrected chi connectivity index (χ4v) is 10.2. The van der Waals surface area contributed by atoms with E-state index in [0.717, 1.165) is 77.1 Å². The van der Waals surface area contributed by atoms with Crippen LogP contribution in [0.1, 0.15) is 22.3 Å². The summed E-state index contributed by atoms with van der Waals surface area (Å²) in [6.07, 6.45) is 0. The van der Waals surface area contributed by atoms with Gasteiger partial charge < -0.3 is 4.42 Å². The molecule has 5 nitrogen and oxygen atoms in total. The van der Waals surface area contributed by atoms with E-state index in [-0.39, 0.29) is 0 Å². The smallest absolute Gasteiger partial charge is 0.238 e. The average molecular weight is 805 g/mol. The Kier molecular flexibility index (Phi) is 7.75. The molecule has 0 saturated carbocycles. The molecule has 12 aromatic rings. The monoisotopic (exact) mass is 804 g/mol. The van der Waals surface area contributed by atoms with Gasteiger partial charge in [0.25, 0.3) is 0 Å². The lowest BCUT2D eigenvalue weighted by molar-refractivity contribution is 0.648. The third-order valence-electron chi connectivity index (χ3n) is 12.9. The molecular weight excluding hydrogens is 769 g/mol. The largest absolute Gasteiger partial charge is 0.456 e. The molecule has 3 heterocycles. The Morgan fingerprint density at radius 1 is 0.365 bits per heavy atom. The van der Waals surface area contributed by atoms with Crippen LogP contribution in [0, 0.1) is 0 Å². The molecule has 13 rings (SSSR count). The van der Waals surface area contributed by atoms with E-state index in [1.165, 1.54) is 22.3 Å². The minimum absolute atomic E-state index is 0.557. The van der Waals surface area contributed by atoms with Crippen molar-refractivity contribution < 1.29 is 4.42 Å². The van der Waals surface area contributed by atoms with Gasteiger partial charge in [0.15, 0.2) is 11.6 Å². The number of fused-ring (bicyclic) bond motifs is 9. The first-order chi connectivity index (χ1) is 31.2. The maximum Gasteiger partial charge on any atom is 0.238 e. The molecule has 0 amide bonds. The van der Waals surface area contributed by atoms with E-state index in [9.17, 15) is 0 Å². The average Bonchev–Trinajstić information content (AvgIpc) is 4.01. The van der Waals surface area contributed by atoms with Crippen molar-refractivity contribution >= 4 is 43.7 Å². The van der Waals surface area contributed by atoms with E-state index in [0.29, 0.717) is 17.6 Å². The number of aromatic nitrogens is 4. The zero-order valence-corrected chi connectivity index (χ0v) is 34.0. The summed E-state index contributed by atoms with van der Waals surface area (Å²) in [5, 5.41) is 4.44. The standard InChI is InChI=1S/C58H36N4O/c1-3-17-37(18-4-1)39-21-15-22-40(35-39)56-59-55(38-19-5-2-6-20-38)60-57(61-56)62-51-31-13-9-25-44(51)47-36-41(33-34-52(47)62)58(48-28-11-7-23-42(48)43-24-8-12-29-49(43)58)50-30-16-27-46-45-26-10-14-32-53(45)63-54(46)50/h1-36H. The number of furan rings is 1. The third kappa shape index (κ3) is 5.27. The summed E-state index contributed by atoms with van der Waals surface area (Å²) in [6.45, 7) is 0. The van der Waals surface area contributed by atoms with Gasteiger partial charge in [0.1, 0.15) is 11.2 Å². The number of nitrogens with zero attached hydrogens (tertiary/aromatic N) is 4. The summed E-state index contributed by atoms with van der Waals surface area (Å²) in [7, 11) is 0. The molecule has 5 heteroatoms. The van der Waals surface area contributed by atoms with Crippen molar-refractivity contribution in [2.24, 2.45) is 0 Å². The molecule has 0 bridgehead atoms. The van der Waals surface area contributed by atoms with Gasteiger partial charge in [-0.25, -0.2) is 4.98 Å². The first kappa shape index (κ1) is 35.4. The zero-order chi connectivity index (χ0) is 41.5. The molecule has 0 aliphatic heterocycles. The quantitative estimate of drug-likeness (QED) is 0.168. The first-order valence-corrected chi connectivity index (χ1v) is 21.4. The highest BCUT2D eigenvalue weighted by molar-refractivity contribution is 6.10. The van der Waals surface area contributed by atoms with Gasteiger partial charge in [-0.2, -0.15) is 9.97 Å². The van der Waals surface area contributed by atoms with Crippen LogP contribution < -0.4 is 0 Å².